The minimum Gasteiger partial charge on any atom is -0.473 e. The number of nitrogens with zero attached hydrogens (tertiary/aromatic N) is 2. The van der Waals surface area contributed by atoms with Gasteiger partial charge in [-0.05, 0) is 18.2 Å². The molecule has 3 heterocycles. The predicted octanol–water partition coefficient (Wildman–Crippen LogP) is 2.67. The summed E-state index contributed by atoms with van der Waals surface area (Å²) in [5.41, 5.74) is 0.524. The number of pyridine rings is 1. The number of anilines is 1. The first-order valence-corrected chi connectivity index (χ1v) is 8.26. The van der Waals surface area contributed by atoms with E-state index in [1.54, 1.807) is 24.5 Å². The number of hydrogen-bond acceptors (Lipinski definition) is 6. The van der Waals surface area contributed by atoms with Gasteiger partial charge in [0.2, 0.25) is 5.88 Å². The summed E-state index contributed by atoms with van der Waals surface area (Å²) in [5.74, 6) is 2.41. The molecule has 0 bridgehead atoms. The predicted molar refractivity (Wildman–Crippen MR) is 80.7 cm³/mol. The Bertz CT molecular complexity index is 583. The zero-order valence-corrected chi connectivity index (χ0v) is 12.2. The summed E-state index contributed by atoms with van der Waals surface area (Å²) in [6.45, 7) is 0. The smallest absolute Gasteiger partial charge is 0.257 e. The van der Waals surface area contributed by atoms with Crippen molar-refractivity contribution in [3.05, 3.63) is 35.5 Å². The van der Waals surface area contributed by atoms with Crippen molar-refractivity contribution in [2.24, 2.45) is 0 Å². The third-order valence-electron chi connectivity index (χ3n) is 2.83. The summed E-state index contributed by atoms with van der Waals surface area (Å²) in [5, 5.41) is 5.14. The lowest BCUT2D eigenvalue weighted by Gasteiger charge is -2.11. The lowest BCUT2D eigenvalue weighted by atomic mass is 10.2. The molecule has 1 unspecified atom stereocenters. The SMILES string of the molecule is O=C(Nc1nccs1)c1ccnc(OC2CCSC2)c1. The van der Waals surface area contributed by atoms with E-state index in [9.17, 15) is 4.79 Å². The number of ether oxygens (including phenoxy) is 1. The van der Waals surface area contributed by atoms with Crippen molar-refractivity contribution in [2.45, 2.75) is 12.5 Å². The number of thiazole rings is 1. The van der Waals surface area contributed by atoms with Crippen LogP contribution in [-0.4, -0.2) is 33.5 Å². The van der Waals surface area contributed by atoms with Crippen LogP contribution in [0.3, 0.4) is 0 Å². The van der Waals surface area contributed by atoms with Gasteiger partial charge in [0.05, 0.1) is 0 Å². The molecule has 1 fully saturated rings. The molecule has 3 rings (SSSR count). The molecular weight excluding hydrogens is 294 g/mol. The Hall–Kier alpha value is -1.60. The molecule has 1 saturated heterocycles. The Kier molecular flexibility index (Phi) is 4.17. The largest absolute Gasteiger partial charge is 0.473 e. The summed E-state index contributed by atoms with van der Waals surface area (Å²) in [6.07, 6.45) is 4.47. The maximum absolute atomic E-state index is 12.1. The van der Waals surface area contributed by atoms with E-state index >= 15 is 0 Å². The molecule has 1 atom stereocenters. The van der Waals surface area contributed by atoms with Crippen LogP contribution in [0, 0.1) is 0 Å². The summed E-state index contributed by atoms with van der Waals surface area (Å²) >= 11 is 3.26. The van der Waals surface area contributed by atoms with Gasteiger partial charge >= 0.3 is 0 Å². The highest BCUT2D eigenvalue weighted by molar-refractivity contribution is 7.99. The minimum atomic E-state index is -0.201. The second-order valence-corrected chi connectivity index (χ2v) is 6.32. The highest BCUT2D eigenvalue weighted by Gasteiger charge is 2.18. The average Bonchev–Trinajstić information content (AvgIpc) is 3.12. The van der Waals surface area contributed by atoms with Gasteiger partial charge in [0.25, 0.3) is 5.91 Å². The first-order valence-electron chi connectivity index (χ1n) is 6.22. The van der Waals surface area contributed by atoms with E-state index in [0.717, 1.165) is 17.9 Å². The molecule has 0 saturated carbocycles. The second-order valence-electron chi connectivity index (χ2n) is 4.28. The van der Waals surface area contributed by atoms with Crippen molar-refractivity contribution in [2.75, 3.05) is 16.8 Å². The molecule has 0 spiro atoms. The molecule has 104 valence electrons. The van der Waals surface area contributed by atoms with E-state index in [0.29, 0.717) is 16.6 Å². The Morgan fingerprint density at radius 3 is 3.10 bits per heavy atom. The average molecular weight is 307 g/mol. The fourth-order valence-electron chi connectivity index (χ4n) is 1.85. The monoisotopic (exact) mass is 307 g/mol. The van der Waals surface area contributed by atoms with Crippen molar-refractivity contribution in [1.82, 2.24) is 9.97 Å². The number of amides is 1. The number of thioether (sulfide) groups is 1. The Morgan fingerprint density at radius 1 is 1.40 bits per heavy atom. The van der Waals surface area contributed by atoms with Crippen LogP contribution in [0.1, 0.15) is 16.8 Å². The Labute approximate surface area is 124 Å². The molecule has 1 amide bonds. The van der Waals surface area contributed by atoms with Gasteiger partial charge in [0.1, 0.15) is 6.10 Å². The summed E-state index contributed by atoms with van der Waals surface area (Å²) < 4.78 is 5.78. The zero-order chi connectivity index (χ0) is 13.8. The van der Waals surface area contributed by atoms with E-state index < -0.39 is 0 Å². The molecule has 0 radical (unpaired) electrons. The van der Waals surface area contributed by atoms with Crippen LogP contribution in [0.15, 0.2) is 29.9 Å². The second kappa shape index (κ2) is 6.23. The number of rotatable bonds is 4. The third-order valence-corrected chi connectivity index (χ3v) is 4.65. The molecule has 1 aliphatic rings. The van der Waals surface area contributed by atoms with Crippen LogP contribution >= 0.6 is 23.1 Å². The van der Waals surface area contributed by atoms with Crippen LogP contribution < -0.4 is 10.1 Å². The highest BCUT2D eigenvalue weighted by atomic mass is 32.2. The molecule has 1 aliphatic heterocycles. The molecule has 2 aromatic heterocycles. The topological polar surface area (TPSA) is 64.1 Å². The lowest BCUT2D eigenvalue weighted by molar-refractivity contribution is 0.102. The molecule has 0 aliphatic carbocycles. The number of carbonyl (C=O) groups excluding carboxylic acids is 1. The highest BCUT2D eigenvalue weighted by Crippen LogP contribution is 2.22. The van der Waals surface area contributed by atoms with Gasteiger partial charge in [-0.25, -0.2) is 9.97 Å². The maximum Gasteiger partial charge on any atom is 0.257 e. The Balaban J connectivity index is 1.68. The standard InChI is InChI=1S/C13H13N3O2S2/c17-12(16-13-15-4-6-20-13)9-1-3-14-11(7-9)18-10-2-5-19-8-10/h1,3-4,6-7,10H,2,5,8H2,(H,15,16,17). The Morgan fingerprint density at radius 2 is 2.35 bits per heavy atom. The van der Waals surface area contributed by atoms with E-state index in [1.807, 2.05) is 17.1 Å². The van der Waals surface area contributed by atoms with Gasteiger partial charge in [0, 0.05) is 35.2 Å². The van der Waals surface area contributed by atoms with Crippen LogP contribution in [-0.2, 0) is 0 Å². The van der Waals surface area contributed by atoms with Crippen LogP contribution in [0.2, 0.25) is 0 Å². The van der Waals surface area contributed by atoms with Crippen LogP contribution in [0.5, 0.6) is 5.88 Å². The zero-order valence-electron chi connectivity index (χ0n) is 10.6. The molecular formula is C13H13N3O2S2. The summed E-state index contributed by atoms with van der Waals surface area (Å²) in [7, 11) is 0. The quantitative estimate of drug-likeness (QED) is 0.941. The molecule has 1 N–H and O–H groups in total. The molecule has 7 heteroatoms. The first-order chi connectivity index (χ1) is 9.81. The maximum atomic E-state index is 12.1. The van der Waals surface area contributed by atoms with E-state index in [-0.39, 0.29) is 12.0 Å². The molecule has 2 aromatic rings. The normalized spacial score (nSPS) is 17.9. The fraction of sp³-hybridized carbons (Fsp3) is 0.308. The van der Waals surface area contributed by atoms with Gasteiger partial charge in [-0.15, -0.1) is 11.3 Å². The van der Waals surface area contributed by atoms with Crippen LogP contribution in [0.25, 0.3) is 0 Å². The van der Waals surface area contributed by atoms with Gasteiger partial charge in [0.15, 0.2) is 5.13 Å². The van der Waals surface area contributed by atoms with E-state index in [4.69, 9.17) is 4.74 Å². The minimum absolute atomic E-state index is 0.199. The molecule has 0 aromatic carbocycles. The van der Waals surface area contributed by atoms with Gasteiger partial charge in [-0.3, -0.25) is 10.1 Å². The van der Waals surface area contributed by atoms with E-state index in [1.165, 1.54) is 11.3 Å². The van der Waals surface area contributed by atoms with Gasteiger partial charge < -0.3 is 4.74 Å². The van der Waals surface area contributed by atoms with Gasteiger partial charge in [-0.2, -0.15) is 11.8 Å². The van der Waals surface area contributed by atoms with E-state index in [2.05, 4.69) is 15.3 Å². The summed E-state index contributed by atoms with van der Waals surface area (Å²) in [6, 6.07) is 3.34. The van der Waals surface area contributed by atoms with Crippen molar-refractivity contribution in [3.8, 4) is 5.88 Å². The number of aromatic nitrogens is 2. The first kappa shape index (κ1) is 13.4. The van der Waals surface area contributed by atoms with Crippen molar-refractivity contribution >= 4 is 34.1 Å². The fourth-order valence-corrected chi connectivity index (χ4v) is 3.46. The van der Waals surface area contributed by atoms with Crippen LogP contribution in [0.4, 0.5) is 5.13 Å². The number of nitrogens with one attached hydrogen (secondary N) is 1. The number of hydrogen-bond donors (Lipinski definition) is 1. The lowest BCUT2D eigenvalue weighted by Crippen LogP contribution is -2.17. The molecule has 20 heavy (non-hydrogen) atoms. The van der Waals surface area contributed by atoms with Crippen molar-refractivity contribution < 1.29 is 9.53 Å². The van der Waals surface area contributed by atoms with Crippen molar-refractivity contribution in [1.29, 1.82) is 0 Å². The van der Waals surface area contributed by atoms with Gasteiger partial charge in [-0.1, -0.05) is 0 Å². The third kappa shape index (κ3) is 3.29. The summed E-state index contributed by atoms with van der Waals surface area (Å²) in [4.78, 5) is 20.3. The van der Waals surface area contributed by atoms with Crippen molar-refractivity contribution in [3.63, 3.8) is 0 Å². The molecule has 5 nitrogen and oxygen atoms in total. The number of carbonyl (C=O) groups is 1.